The third-order valence-electron chi connectivity index (χ3n) is 7.25. The Morgan fingerprint density at radius 2 is 1.79 bits per heavy atom. The smallest absolute Gasteiger partial charge is 0.232 e. The van der Waals surface area contributed by atoms with Gasteiger partial charge < -0.3 is 19.7 Å². The summed E-state index contributed by atoms with van der Waals surface area (Å²) in [4.78, 5) is 15.6. The third kappa shape index (κ3) is 5.77. The van der Waals surface area contributed by atoms with Crippen LogP contribution in [0.1, 0.15) is 61.5 Å². The van der Waals surface area contributed by atoms with E-state index < -0.39 is 0 Å². The molecule has 3 atom stereocenters. The molecule has 7 heteroatoms. The fourth-order valence-corrected chi connectivity index (χ4v) is 5.83. The van der Waals surface area contributed by atoms with Crippen LogP contribution in [-0.4, -0.2) is 19.1 Å². The van der Waals surface area contributed by atoms with Crippen molar-refractivity contribution in [3.05, 3.63) is 105 Å². The Kier molecular flexibility index (Phi) is 8.15. The molecule has 1 N–H and O–H groups in total. The number of hydrogen-bond acceptors (Lipinski definition) is 5. The maximum absolute atomic E-state index is 13.7. The average Bonchev–Trinajstić information content (AvgIpc) is 3.49. The van der Waals surface area contributed by atoms with Gasteiger partial charge in [-0.2, -0.15) is 11.3 Å². The minimum atomic E-state index is -0.341. The van der Waals surface area contributed by atoms with Gasteiger partial charge in [-0.05, 0) is 108 Å². The summed E-state index contributed by atoms with van der Waals surface area (Å²) in [6.45, 7) is 6.28. The van der Waals surface area contributed by atoms with Crippen molar-refractivity contribution in [3.8, 4) is 11.5 Å². The predicted octanol–water partition coefficient (Wildman–Crippen LogP) is 8.44. The highest BCUT2D eigenvalue weighted by Gasteiger charge is 2.36. The molecule has 1 aliphatic rings. The standard InChI is InChI=1S/C32H33ClN2O3S/c1-5-20(2)38-30-18-28-24(16-29(30)37-4)17-31(36)35(32(28)22-6-8-25(33)9-7-22)27-12-10-26(11-13-27)34-21(3)23-14-15-39-19-23/h6-16,18-21,32,34H,5,17H2,1-4H3/t20-,21?,32?/m1/s1. The van der Waals surface area contributed by atoms with Gasteiger partial charge in [-0.15, -0.1) is 0 Å². The lowest BCUT2D eigenvalue weighted by atomic mass is 9.86. The van der Waals surface area contributed by atoms with E-state index in [9.17, 15) is 4.79 Å². The minimum Gasteiger partial charge on any atom is -0.493 e. The van der Waals surface area contributed by atoms with E-state index >= 15 is 0 Å². The lowest BCUT2D eigenvalue weighted by Gasteiger charge is -2.38. The first-order chi connectivity index (χ1) is 18.9. The number of hydrogen-bond donors (Lipinski definition) is 1. The average molecular weight is 561 g/mol. The molecule has 5 rings (SSSR count). The number of fused-ring (bicyclic) bond motifs is 1. The zero-order chi connectivity index (χ0) is 27.5. The summed E-state index contributed by atoms with van der Waals surface area (Å²) in [5, 5.41) is 8.44. The highest BCUT2D eigenvalue weighted by molar-refractivity contribution is 7.08. The molecule has 4 aromatic rings. The monoisotopic (exact) mass is 560 g/mol. The molecule has 1 aromatic heterocycles. The molecular weight excluding hydrogens is 528 g/mol. The summed E-state index contributed by atoms with van der Waals surface area (Å²) in [6, 6.07) is 21.8. The summed E-state index contributed by atoms with van der Waals surface area (Å²) in [5.74, 6) is 1.34. The first kappa shape index (κ1) is 27.1. The molecule has 0 fully saturated rings. The molecule has 0 aliphatic carbocycles. The van der Waals surface area contributed by atoms with E-state index in [-0.39, 0.29) is 30.5 Å². The number of halogens is 1. The first-order valence-corrected chi connectivity index (χ1v) is 14.5. The SMILES string of the molecule is CC[C@@H](C)Oc1cc2c(cc1OC)CC(=O)N(c1ccc(NC(C)c3ccsc3)cc1)C2c1ccc(Cl)cc1. The predicted molar refractivity (Wildman–Crippen MR) is 161 cm³/mol. The van der Waals surface area contributed by atoms with Crippen LogP contribution >= 0.6 is 22.9 Å². The number of amides is 1. The molecule has 0 saturated carbocycles. The Labute approximate surface area is 239 Å². The van der Waals surface area contributed by atoms with Gasteiger partial charge in [-0.3, -0.25) is 4.79 Å². The van der Waals surface area contributed by atoms with Crippen molar-refractivity contribution in [2.75, 3.05) is 17.3 Å². The number of carbonyl (C=O) groups is 1. The quantitative estimate of drug-likeness (QED) is 0.223. The number of thiophene rings is 1. The Morgan fingerprint density at radius 1 is 1.05 bits per heavy atom. The zero-order valence-electron chi connectivity index (χ0n) is 22.6. The zero-order valence-corrected chi connectivity index (χ0v) is 24.2. The van der Waals surface area contributed by atoms with Crippen LogP contribution in [0, 0.1) is 0 Å². The molecule has 2 unspecified atom stereocenters. The Morgan fingerprint density at radius 3 is 2.44 bits per heavy atom. The fourth-order valence-electron chi connectivity index (χ4n) is 4.95. The minimum absolute atomic E-state index is 0.0208. The second-order valence-electron chi connectivity index (χ2n) is 9.90. The van der Waals surface area contributed by atoms with E-state index in [4.69, 9.17) is 21.1 Å². The van der Waals surface area contributed by atoms with Gasteiger partial charge in [-0.1, -0.05) is 30.7 Å². The van der Waals surface area contributed by atoms with Gasteiger partial charge in [0.2, 0.25) is 5.91 Å². The molecule has 1 amide bonds. The van der Waals surface area contributed by atoms with Gasteiger partial charge in [0.15, 0.2) is 11.5 Å². The molecule has 0 radical (unpaired) electrons. The van der Waals surface area contributed by atoms with Crippen LogP contribution in [0.3, 0.4) is 0 Å². The van der Waals surface area contributed by atoms with E-state index in [1.807, 2.05) is 72.5 Å². The topological polar surface area (TPSA) is 50.8 Å². The van der Waals surface area contributed by atoms with Crippen LogP contribution in [0.15, 0.2) is 77.5 Å². The summed E-state index contributed by atoms with van der Waals surface area (Å²) in [6.07, 6.45) is 1.18. The van der Waals surface area contributed by atoms with Gasteiger partial charge in [0.1, 0.15) is 0 Å². The van der Waals surface area contributed by atoms with Gasteiger partial charge in [0.25, 0.3) is 0 Å². The molecule has 39 heavy (non-hydrogen) atoms. The normalized spacial score (nSPS) is 16.4. The van der Waals surface area contributed by atoms with Gasteiger partial charge >= 0.3 is 0 Å². The molecule has 1 aliphatic heterocycles. The van der Waals surface area contributed by atoms with E-state index in [0.717, 1.165) is 34.5 Å². The van der Waals surface area contributed by atoms with Crippen LogP contribution in [0.25, 0.3) is 0 Å². The largest absolute Gasteiger partial charge is 0.493 e. The summed E-state index contributed by atoms with van der Waals surface area (Å²) in [5.41, 5.74) is 6.01. The summed E-state index contributed by atoms with van der Waals surface area (Å²) >= 11 is 7.93. The fraction of sp³-hybridized carbons (Fsp3) is 0.281. The maximum Gasteiger partial charge on any atom is 0.232 e. The van der Waals surface area contributed by atoms with E-state index in [0.29, 0.717) is 16.5 Å². The lowest BCUT2D eigenvalue weighted by molar-refractivity contribution is -0.118. The number of methoxy groups -OCH3 is 1. The second kappa shape index (κ2) is 11.7. The molecule has 3 aromatic carbocycles. The Bertz CT molecular complexity index is 1420. The van der Waals surface area contributed by atoms with E-state index in [1.54, 1.807) is 18.4 Å². The van der Waals surface area contributed by atoms with Crippen molar-refractivity contribution in [2.45, 2.75) is 51.8 Å². The molecule has 202 valence electrons. The number of ether oxygens (including phenoxy) is 2. The maximum atomic E-state index is 13.7. The number of anilines is 2. The van der Waals surface area contributed by atoms with Crippen molar-refractivity contribution in [2.24, 2.45) is 0 Å². The van der Waals surface area contributed by atoms with E-state index in [2.05, 4.69) is 36.0 Å². The van der Waals surface area contributed by atoms with Crippen molar-refractivity contribution in [3.63, 3.8) is 0 Å². The van der Waals surface area contributed by atoms with Crippen LogP contribution in [0.5, 0.6) is 11.5 Å². The highest BCUT2D eigenvalue weighted by Crippen LogP contribution is 2.44. The van der Waals surface area contributed by atoms with Crippen molar-refractivity contribution < 1.29 is 14.3 Å². The Hall–Kier alpha value is -3.48. The van der Waals surface area contributed by atoms with Crippen LogP contribution in [0.2, 0.25) is 5.02 Å². The lowest BCUT2D eigenvalue weighted by Crippen LogP contribution is -2.41. The van der Waals surface area contributed by atoms with Gasteiger partial charge in [0.05, 0.1) is 25.7 Å². The van der Waals surface area contributed by atoms with Gasteiger partial charge in [-0.25, -0.2) is 0 Å². The third-order valence-corrected chi connectivity index (χ3v) is 8.20. The van der Waals surface area contributed by atoms with Crippen LogP contribution < -0.4 is 19.7 Å². The molecule has 2 heterocycles. The number of benzene rings is 3. The molecule has 0 spiro atoms. The molecule has 0 bridgehead atoms. The van der Waals surface area contributed by atoms with Crippen LogP contribution in [-0.2, 0) is 11.2 Å². The first-order valence-electron chi connectivity index (χ1n) is 13.2. The Balaban J connectivity index is 1.55. The summed E-state index contributed by atoms with van der Waals surface area (Å²) < 4.78 is 11.9. The van der Waals surface area contributed by atoms with Crippen LogP contribution in [0.4, 0.5) is 11.4 Å². The molecular formula is C32H33ClN2O3S. The summed E-state index contributed by atoms with van der Waals surface area (Å²) in [7, 11) is 1.63. The second-order valence-corrected chi connectivity index (χ2v) is 11.1. The number of carbonyl (C=O) groups excluding carboxylic acids is 1. The number of rotatable bonds is 9. The van der Waals surface area contributed by atoms with Crippen molar-refractivity contribution in [1.29, 1.82) is 0 Å². The van der Waals surface area contributed by atoms with Crippen molar-refractivity contribution >= 4 is 40.2 Å². The van der Waals surface area contributed by atoms with Gasteiger partial charge in [0, 0.05) is 22.4 Å². The van der Waals surface area contributed by atoms with E-state index in [1.165, 1.54) is 5.56 Å². The number of nitrogens with one attached hydrogen (secondary N) is 1. The highest BCUT2D eigenvalue weighted by atomic mass is 35.5. The molecule has 0 saturated heterocycles. The molecule has 5 nitrogen and oxygen atoms in total. The number of nitrogens with zero attached hydrogens (tertiary/aromatic N) is 1. The van der Waals surface area contributed by atoms with Crippen molar-refractivity contribution in [1.82, 2.24) is 0 Å².